The van der Waals surface area contributed by atoms with Crippen LogP contribution in [0.2, 0.25) is 0 Å². The fraction of sp³-hybridized carbons (Fsp3) is 0.958. The smallest absolute Gasteiger partial charge is 0.312 e. The number of hydrogen-bond donors (Lipinski definition) is 1. The Labute approximate surface area is 336 Å². The third-order valence-electron chi connectivity index (χ3n) is 12.2. The molecule has 0 aromatic heterocycles. The van der Waals surface area contributed by atoms with Gasteiger partial charge in [-0.15, -0.1) is 0 Å². The van der Waals surface area contributed by atoms with Crippen LogP contribution in [-0.2, 0) is 19.1 Å². The number of rotatable bonds is 41. The van der Waals surface area contributed by atoms with E-state index in [1.165, 1.54) is 135 Å². The van der Waals surface area contributed by atoms with Crippen molar-refractivity contribution >= 4 is 11.9 Å². The average Bonchev–Trinajstić information content (AvgIpc) is 3.66. The van der Waals surface area contributed by atoms with Crippen LogP contribution < -0.4 is 0 Å². The third-order valence-corrected chi connectivity index (χ3v) is 12.2. The molecular weight excluding hydrogens is 671 g/mol. The summed E-state index contributed by atoms with van der Waals surface area (Å²) in [6.45, 7) is 10.4. The van der Waals surface area contributed by atoms with Gasteiger partial charge in [-0.1, -0.05) is 175 Å². The molecule has 0 heterocycles. The van der Waals surface area contributed by atoms with Gasteiger partial charge in [-0.3, -0.25) is 9.59 Å². The minimum Gasteiger partial charge on any atom is -0.466 e. The van der Waals surface area contributed by atoms with Gasteiger partial charge in [0.1, 0.15) is 6.10 Å². The lowest BCUT2D eigenvalue weighted by atomic mass is 9.80. The van der Waals surface area contributed by atoms with Gasteiger partial charge in [0.05, 0.1) is 18.6 Å². The van der Waals surface area contributed by atoms with Crippen LogP contribution in [0, 0.1) is 5.41 Å². The number of carbonyl (C=O) groups is 2. The Bertz CT molecular complexity index is 812. The molecule has 0 spiro atoms. The minimum atomic E-state index is -0.239. The number of aliphatic hydroxyl groups is 1. The number of esters is 2. The largest absolute Gasteiger partial charge is 0.466 e. The van der Waals surface area contributed by atoms with Gasteiger partial charge in [0.15, 0.2) is 0 Å². The molecule has 1 N–H and O–H groups in total. The summed E-state index contributed by atoms with van der Waals surface area (Å²) in [6.07, 6.45) is 42.3. The number of ether oxygens (including phenoxy) is 2. The molecule has 0 atom stereocenters. The maximum atomic E-state index is 13.8. The molecule has 1 aliphatic rings. The first kappa shape index (κ1) is 50.9. The van der Waals surface area contributed by atoms with E-state index in [2.05, 4.69) is 25.7 Å². The first-order valence-corrected chi connectivity index (χ1v) is 24.2. The van der Waals surface area contributed by atoms with E-state index in [4.69, 9.17) is 9.47 Å². The third kappa shape index (κ3) is 28.3. The lowest BCUT2D eigenvalue weighted by Gasteiger charge is -2.30. The van der Waals surface area contributed by atoms with Gasteiger partial charge in [-0.2, -0.15) is 0 Å². The van der Waals surface area contributed by atoms with Gasteiger partial charge in [0, 0.05) is 13.0 Å². The predicted octanol–water partition coefficient (Wildman–Crippen LogP) is 13.8. The number of unbranched alkanes of at least 4 members (excludes halogenated alkanes) is 23. The SMILES string of the molecule is CCCCCCCCCOC(=O)CCCCCCCN(CCO)CCCCCCC1(C(=O)OC(CCCCCCCC)CCCCCCCC)CCCC1. The van der Waals surface area contributed by atoms with Gasteiger partial charge in [-0.05, 0) is 83.7 Å². The molecule has 0 unspecified atom stereocenters. The average molecular weight is 764 g/mol. The molecule has 0 amide bonds. The van der Waals surface area contributed by atoms with Gasteiger partial charge in [0.2, 0.25) is 0 Å². The maximum Gasteiger partial charge on any atom is 0.312 e. The summed E-state index contributed by atoms with van der Waals surface area (Å²) in [5, 5.41) is 9.65. The Hall–Kier alpha value is -1.14. The number of carbonyl (C=O) groups excluding carboxylic acids is 2. The zero-order valence-electron chi connectivity index (χ0n) is 36.6. The van der Waals surface area contributed by atoms with Crippen molar-refractivity contribution in [1.82, 2.24) is 4.90 Å². The van der Waals surface area contributed by atoms with E-state index in [-0.39, 0.29) is 30.1 Å². The molecule has 0 radical (unpaired) electrons. The van der Waals surface area contributed by atoms with Crippen molar-refractivity contribution in [2.24, 2.45) is 5.41 Å². The highest BCUT2D eigenvalue weighted by Crippen LogP contribution is 2.44. The predicted molar refractivity (Wildman–Crippen MR) is 230 cm³/mol. The van der Waals surface area contributed by atoms with E-state index in [1.54, 1.807) is 0 Å². The van der Waals surface area contributed by atoms with Crippen LogP contribution in [-0.4, -0.2) is 60.9 Å². The van der Waals surface area contributed by atoms with Gasteiger partial charge in [0.25, 0.3) is 0 Å². The fourth-order valence-corrected chi connectivity index (χ4v) is 8.53. The summed E-state index contributed by atoms with van der Waals surface area (Å²) < 4.78 is 11.9. The highest BCUT2D eigenvalue weighted by atomic mass is 16.5. The van der Waals surface area contributed by atoms with E-state index in [0.717, 1.165) is 110 Å². The fourth-order valence-electron chi connectivity index (χ4n) is 8.53. The van der Waals surface area contributed by atoms with Crippen LogP contribution in [0.5, 0.6) is 0 Å². The van der Waals surface area contributed by atoms with E-state index in [0.29, 0.717) is 13.0 Å². The Morgan fingerprint density at radius 2 is 1.00 bits per heavy atom. The molecule has 6 nitrogen and oxygen atoms in total. The van der Waals surface area contributed by atoms with Crippen LogP contribution in [0.1, 0.15) is 252 Å². The van der Waals surface area contributed by atoms with Crippen molar-refractivity contribution in [2.45, 2.75) is 258 Å². The molecule has 54 heavy (non-hydrogen) atoms. The van der Waals surface area contributed by atoms with E-state index in [9.17, 15) is 14.7 Å². The molecule has 0 aliphatic heterocycles. The molecular formula is C48H93NO5. The van der Waals surface area contributed by atoms with E-state index >= 15 is 0 Å². The molecule has 6 heteroatoms. The van der Waals surface area contributed by atoms with Gasteiger partial charge >= 0.3 is 11.9 Å². The molecule has 0 saturated heterocycles. The maximum absolute atomic E-state index is 13.8. The Morgan fingerprint density at radius 1 is 0.556 bits per heavy atom. The Balaban J connectivity index is 2.28. The summed E-state index contributed by atoms with van der Waals surface area (Å²) in [5.41, 5.74) is -0.239. The lowest BCUT2D eigenvalue weighted by Crippen LogP contribution is -2.33. The molecule has 1 fully saturated rings. The summed E-state index contributed by atoms with van der Waals surface area (Å²) in [4.78, 5) is 28.3. The normalized spacial score (nSPS) is 14.0. The number of nitrogens with zero attached hydrogens (tertiary/aromatic N) is 1. The molecule has 0 bridgehead atoms. The van der Waals surface area contributed by atoms with Crippen molar-refractivity contribution in [2.75, 3.05) is 32.8 Å². The molecule has 1 aliphatic carbocycles. The summed E-state index contributed by atoms with van der Waals surface area (Å²) in [6, 6.07) is 0. The van der Waals surface area contributed by atoms with Crippen LogP contribution in [0.3, 0.4) is 0 Å². The van der Waals surface area contributed by atoms with Crippen molar-refractivity contribution in [3.63, 3.8) is 0 Å². The first-order valence-electron chi connectivity index (χ1n) is 24.2. The monoisotopic (exact) mass is 764 g/mol. The Kier molecular flexibility index (Phi) is 35.3. The van der Waals surface area contributed by atoms with Crippen LogP contribution in [0.15, 0.2) is 0 Å². The Morgan fingerprint density at radius 3 is 1.52 bits per heavy atom. The topological polar surface area (TPSA) is 76.1 Å². The quantitative estimate of drug-likeness (QED) is 0.0494. The highest BCUT2D eigenvalue weighted by Gasteiger charge is 2.42. The lowest BCUT2D eigenvalue weighted by molar-refractivity contribution is -0.163. The van der Waals surface area contributed by atoms with Crippen molar-refractivity contribution in [3.8, 4) is 0 Å². The van der Waals surface area contributed by atoms with Crippen molar-refractivity contribution in [1.29, 1.82) is 0 Å². The molecule has 1 saturated carbocycles. The summed E-state index contributed by atoms with van der Waals surface area (Å²) in [5.74, 6) is 0.106. The van der Waals surface area contributed by atoms with Crippen LogP contribution >= 0.6 is 0 Å². The van der Waals surface area contributed by atoms with Crippen LogP contribution in [0.4, 0.5) is 0 Å². The summed E-state index contributed by atoms with van der Waals surface area (Å²) >= 11 is 0. The zero-order valence-corrected chi connectivity index (χ0v) is 36.6. The van der Waals surface area contributed by atoms with E-state index in [1.807, 2.05) is 0 Å². The molecule has 0 aromatic rings. The highest BCUT2D eigenvalue weighted by molar-refractivity contribution is 5.77. The van der Waals surface area contributed by atoms with Crippen LogP contribution in [0.25, 0.3) is 0 Å². The minimum absolute atomic E-state index is 0.0281. The molecule has 1 rings (SSSR count). The molecule has 320 valence electrons. The second-order valence-electron chi connectivity index (χ2n) is 17.2. The second-order valence-corrected chi connectivity index (χ2v) is 17.2. The first-order chi connectivity index (χ1) is 26.5. The standard InChI is InChI=1S/C48H93NO5/c1-4-7-10-13-16-24-33-44-53-46(51)36-27-20-17-22-31-40-49(42-43-50)41-32-23-21-28-37-48(38-29-30-39-48)47(52)54-45(34-25-18-14-11-8-5-2)35-26-19-15-12-9-6-3/h45,50H,4-44H2,1-3H3. The van der Waals surface area contributed by atoms with Gasteiger partial charge in [-0.25, -0.2) is 0 Å². The number of aliphatic hydroxyl groups excluding tert-OH is 1. The van der Waals surface area contributed by atoms with E-state index < -0.39 is 0 Å². The van der Waals surface area contributed by atoms with Gasteiger partial charge < -0.3 is 19.5 Å². The zero-order chi connectivity index (χ0) is 39.2. The van der Waals surface area contributed by atoms with Crippen molar-refractivity contribution < 1.29 is 24.2 Å². The summed E-state index contributed by atoms with van der Waals surface area (Å²) in [7, 11) is 0. The number of hydrogen-bond acceptors (Lipinski definition) is 6. The molecule has 0 aromatic carbocycles. The second kappa shape index (κ2) is 37.4. The van der Waals surface area contributed by atoms with Crippen molar-refractivity contribution in [3.05, 3.63) is 0 Å².